The number of hydrogen-bond acceptors (Lipinski definition) is 4. The van der Waals surface area contributed by atoms with Gasteiger partial charge in [0.25, 0.3) is 0 Å². The van der Waals surface area contributed by atoms with Crippen molar-refractivity contribution in [3.8, 4) is 11.5 Å². The van der Waals surface area contributed by atoms with Crippen molar-refractivity contribution in [1.29, 1.82) is 0 Å². The van der Waals surface area contributed by atoms with Crippen molar-refractivity contribution < 1.29 is 14.2 Å². The van der Waals surface area contributed by atoms with Gasteiger partial charge in [-0.15, -0.1) is 0 Å². The lowest BCUT2D eigenvalue weighted by atomic mass is 10.1. The Morgan fingerprint density at radius 1 is 1.32 bits per heavy atom. The number of methoxy groups -OCH3 is 1. The lowest BCUT2D eigenvalue weighted by Crippen LogP contribution is -2.16. The van der Waals surface area contributed by atoms with Gasteiger partial charge in [0.05, 0.1) is 12.7 Å². The predicted molar refractivity (Wildman–Crippen MR) is 77.0 cm³/mol. The van der Waals surface area contributed by atoms with Crippen LogP contribution in [0.15, 0.2) is 18.2 Å². The Labute approximate surface area is 115 Å². The summed E-state index contributed by atoms with van der Waals surface area (Å²) in [7, 11) is 1.70. The highest BCUT2D eigenvalue weighted by Crippen LogP contribution is 2.32. The van der Waals surface area contributed by atoms with Crippen LogP contribution in [-0.4, -0.2) is 33.0 Å². The van der Waals surface area contributed by atoms with Crippen molar-refractivity contribution >= 4 is 0 Å². The maximum atomic E-state index is 6.02. The maximum absolute atomic E-state index is 6.02. The van der Waals surface area contributed by atoms with E-state index in [9.17, 15) is 0 Å². The molecule has 0 heterocycles. The third-order valence-corrected chi connectivity index (χ3v) is 2.82. The molecule has 0 radical (unpaired) electrons. The first kappa shape index (κ1) is 15.8. The molecule has 0 aliphatic rings. The van der Waals surface area contributed by atoms with Crippen LogP contribution < -0.4 is 15.2 Å². The summed E-state index contributed by atoms with van der Waals surface area (Å²) in [5.74, 6) is 1.61. The van der Waals surface area contributed by atoms with Crippen LogP contribution in [0.4, 0.5) is 0 Å². The summed E-state index contributed by atoms with van der Waals surface area (Å²) in [6.07, 6.45) is 1.71. The van der Waals surface area contributed by atoms with E-state index in [0.29, 0.717) is 19.8 Å². The maximum Gasteiger partial charge on any atom is 0.164 e. The predicted octanol–water partition coefficient (Wildman–Crippen LogP) is 2.39. The Bertz CT molecular complexity index is 344. The highest BCUT2D eigenvalue weighted by Gasteiger charge is 2.13. The Hall–Kier alpha value is -1.26. The smallest absolute Gasteiger partial charge is 0.164 e. The molecule has 1 unspecified atom stereocenters. The van der Waals surface area contributed by atoms with Crippen LogP contribution in [0.5, 0.6) is 11.5 Å². The first-order valence-corrected chi connectivity index (χ1v) is 6.83. The number of hydrogen-bond donors (Lipinski definition) is 1. The van der Waals surface area contributed by atoms with Crippen LogP contribution >= 0.6 is 0 Å². The van der Waals surface area contributed by atoms with Gasteiger partial charge < -0.3 is 19.9 Å². The fourth-order valence-electron chi connectivity index (χ4n) is 1.86. The minimum Gasteiger partial charge on any atom is -0.490 e. The topological polar surface area (TPSA) is 53.7 Å². The molecule has 1 aromatic rings. The van der Waals surface area contributed by atoms with Crippen molar-refractivity contribution in [3.63, 3.8) is 0 Å². The standard InChI is InChI=1S/C15H25NO3/c1-4-18-14-7-5-6-13(8-10-16)15(14)19-12(2)9-11-17-3/h5-7,12H,4,8-11,16H2,1-3H3. The van der Waals surface area contributed by atoms with Crippen molar-refractivity contribution in [2.75, 3.05) is 26.9 Å². The zero-order valence-corrected chi connectivity index (χ0v) is 12.1. The second-order valence-electron chi connectivity index (χ2n) is 4.43. The normalized spacial score (nSPS) is 12.2. The molecule has 108 valence electrons. The Morgan fingerprint density at radius 2 is 2.11 bits per heavy atom. The SMILES string of the molecule is CCOc1cccc(CCN)c1OC(C)CCOC. The number of ether oxygens (including phenoxy) is 3. The zero-order chi connectivity index (χ0) is 14.1. The third kappa shape index (κ3) is 5.09. The average Bonchev–Trinajstić information content (AvgIpc) is 2.40. The van der Waals surface area contributed by atoms with E-state index in [0.717, 1.165) is 29.9 Å². The van der Waals surface area contributed by atoms with Crippen LogP contribution in [-0.2, 0) is 11.2 Å². The first-order valence-electron chi connectivity index (χ1n) is 6.83. The molecule has 0 saturated heterocycles. The van der Waals surface area contributed by atoms with Crippen molar-refractivity contribution in [2.45, 2.75) is 32.8 Å². The van der Waals surface area contributed by atoms with Gasteiger partial charge in [-0.25, -0.2) is 0 Å². The molecule has 0 amide bonds. The van der Waals surface area contributed by atoms with Crippen LogP contribution in [0.2, 0.25) is 0 Å². The minimum atomic E-state index is 0.0816. The molecule has 0 spiro atoms. The molecule has 2 N–H and O–H groups in total. The third-order valence-electron chi connectivity index (χ3n) is 2.82. The Morgan fingerprint density at radius 3 is 2.74 bits per heavy atom. The summed E-state index contributed by atoms with van der Waals surface area (Å²) in [6, 6.07) is 5.94. The van der Waals surface area contributed by atoms with Gasteiger partial charge in [-0.3, -0.25) is 0 Å². The number of rotatable bonds is 9. The van der Waals surface area contributed by atoms with E-state index in [-0.39, 0.29) is 6.10 Å². The van der Waals surface area contributed by atoms with Gasteiger partial charge in [0.2, 0.25) is 0 Å². The molecule has 1 aromatic carbocycles. The molecule has 0 aliphatic carbocycles. The lowest BCUT2D eigenvalue weighted by Gasteiger charge is -2.20. The summed E-state index contributed by atoms with van der Waals surface area (Å²) in [5.41, 5.74) is 6.74. The van der Waals surface area contributed by atoms with Gasteiger partial charge in [0.15, 0.2) is 11.5 Å². The molecule has 0 saturated carbocycles. The van der Waals surface area contributed by atoms with E-state index < -0.39 is 0 Å². The second-order valence-corrected chi connectivity index (χ2v) is 4.43. The average molecular weight is 267 g/mol. The highest BCUT2D eigenvalue weighted by molar-refractivity contribution is 5.47. The summed E-state index contributed by atoms with van der Waals surface area (Å²) < 4.78 is 16.7. The van der Waals surface area contributed by atoms with Crippen molar-refractivity contribution in [1.82, 2.24) is 0 Å². The van der Waals surface area contributed by atoms with E-state index in [4.69, 9.17) is 19.9 Å². The van der Waals surface area contributed by atoms with Crippen LogP contribution in [0.1, 0.15) is 25.8 Å². The summed E-state index contributed by atoms with van der Waals surface area (Å²) >= 11 is 0. The molecule has 0 fully saturated rings. The Kier molecular flexibility index (Phi) is 7.30. The minimum absolute atomic E-state index is 0.0816. The molecule has 0 bridgehead atoms. The summed E-state index contributed by atoms with van der Waals surface area (Å²) in [6.45, 7) is 5.90. The van der Waals surface area contributed by atoms with Crippen LogP contribution in [0, 0.1) is 0 Å². The van der Waals surface area contributed by atoms with Crippen LogP contribution in [0.25, 0.3) is 0 Å². The molecular formula is C15H25NO3. The fourth-order valence-corrected chi connectivity index (χ4v) is 1.86. The molecule has 0 aliphatic heterocycles. The van der Waals surface area contributed by atoms with Gasteiger partial charge in [0, 0.05) is 20.1 Å². The fraction of sp³-hybridized carbons (Fsp3) is 0.600. The monoisotopic (exact) mass is 267 g/mol. The molecular weight excluding hydrogens is 242 g/mol. The summed E-state index contributed by atoms with van der Waals surface area (Å²) in [5, 5.41) is 0. The lowest BCUT2D eigenvalue weighted by molar-refractivity contribution is 0.131. The van der Waals surface area contributed by atoms with E-state index in [1.165, 1.54) is 0 Å². The van der Waals surface area contributed by atoms with Crippen LogP contribution in [0.3, 0.4) is 0 Å². The molecule has 0 aromatic heterocycles. The zero-order valence-electron chi connectivity index (χ0n) is 12.1. The number of benzene rings is 1. The van der Waals surface area contributed by atoms with Gasteiger partial charge >= 0.3 is 0 Å². The van der Waals surface area contributed by atoms with Gasteiger partial charge in [-0.05, 0) is 38.4 Å². The molecule has 4 nitrogen and oxygen atoms in total. The van der Waals surface area contributed by atoms with Crippen molar-refractivity contribution in [2.24, 2.45) is 5.73 Å². The number of nitrogens with two attached hydrogens (primary N) is 1. The van der Waals surface area contributed by atoms with Gasteiger partial charge in [0.1, 0.15) is 0 Å². The second kappa shape index (κ2) is 8.77. The largest absolute Gasteiger partial charge is 0.490 e. The highest BCUT2D eigenvalue weighted by atomic mass is 16.5. The van der Waals surface area contributed by atoms with E-state index >= 15 is 0 Å². The van der Waals surface area contributed by atoms with Gasteiger partial charge in [-0.1, -0.05) is 12.1 Å². The molecule has 4 heteroatoms. The molecule has 1 atom stereocenters. The van der Waals surface area contributed by atoms with E-state index in [2.05, 4.69) is 0 Å². The number of para-hydroxylation sites is 1. The molecule has 19 heavy (non-hydrogen) atoms. The van der Waals surface area contributed by atoms with E-state index in [1.54, 1.807) is 7.11 Å². The van der Waals surface area contributed by atoms with E-state index in [1.807, 2.05) is 32.0 Å². The van der Waals surface area contributed by atoms with Crippen molar-refractivity contribution in [3.05, 3.63) is 23.8 Å². The molecule has 1 rings (SSSR count). The quantitative estimate of drug-likeness (QED) is 0.746. The van der Waals surface area contributed by atoms with Gasteiger partial charge in [-0.2, -0.15) is 0 Å². The summed E-state index contributed by atoms with van der Waals surface area (Å²) in [4.78, 5) is 0. The Balaban J connectivity index is 2.86. The first-order chi connectivity index (χ1) is 9.22.